The van der Waals surface area contributed by atoms with Gasteiger partial charge in [0, 0.05) is 24.0 Å². The number of aliphatic imine (C=N–C) groups is 1. The summed E-state index contributed by atoms with van der Waals surface area (Å²) in [4.78, 5) is 8.43. The maximum Gasteiger partial charge on any atom is 0.266 e. The number of nitrogens with one attached hydrogen (secondary N) is 2. The molecule has 22 heavy (non-hydrogen) atoms. The minimum atomic E-state index is -3.62. The monoisotopic (exact) mass is 336 g/mol. The van der Waals surface area contributed by atoms with Crippen molar-refractivity contribution < 1.29 is 8.42 Å². The van der Waals surface area contributed by atoms with Crippen molar-refractivity contribution in [2.45, 2.75) is 11.3 Å². The van der Waals surface area contributed by atoms with Gasteiger partial charge >= 0.3 is 0 Å². The predicted octanol–water partition coefficient (Wildman–Crippen LogP) is 2.04. The second-order valence-electron chi connectivity index (χ2n) is 4.71. The second kappa shape index (κ2) is 5.94. The molecular weight excluding hydrogens is 324 g/mol. The van der Waals surface area contributed by atoms with Crippen molar-refractivity contribution in [2.75, 3.05) is 11.9 Å². The van der Waals surface area contributed by atoms with Gasteiger partial charge < -0.3 is 5.32 Å². The van der Waals surface area contributed by atoms with Crippen LogP contribution in [-0.2, 0) is 16.4 Å². The Morgan fingerprint density at radius 3 is 2.91 bits per heavy atom. The summed E-state index contributed by atoms with van der Waals surface area (Å²) < 4.78 is 26.7. The number of sulfonamides is 1. The number of guanidine groups is 1. The Bertz CT molecular complexity index is 822. The van der Waals surface area contributed by atoms with Crippen LogP contribution in [0, 0.1) is 0 Å². The van der Waals surface area contributed by atoms with E-state index in [4.69, 9.17) is 11.6 Å². The lowest BCUT2D eigenvalue weighted by molar-refractivity contribution is 0.591. The maximum absolute atomic E-state index is 12.1. The largest absolute Gasteiger partial charge is 0.324 e. The van der Waals surface area contributed by atoms with Crippen LogP contribution in [0.5, 0.6) is 0 Å². The fourth-order valence-electron chi connectivity index (χ4n) is 2.08. The molecule has 2 heterocycles. The van der Waals surface area contributed by atoms with Crippen molar-refractivity contribution in [3.63, 3.8) is 0 Å². The van der Waals surface area contributed by atoms with Gasteiger partial charge in [-0.1, -0.05) is 17.7 Å². The minimum Gasteiger partial charge on any atom is -0.324 e. The number of aromatic nitrogens is 1. The average Bonchev–Trinajstić information content (AvgIpc) is 2.47. The lowest BCUT2D eigenvalue weighted by Crippen LogP contribution is -2.40. The highest BCUT2D eigenvalue weighted by molar-refractivity contribution is 7.90. The van der Waals surface area contributed by atoms with Crippen LogP contribution in [0.1, 0.15) is 5.56 Å². The molecule has 0 radical (unpaired) electrons. The Labute approximate surface area is 133 Å². The van der Waals surface area contributed by atoms with Gasteiger partial charge in [-0.15, -0.1) is 0 Å². The molecule has 0 bridgehead atoms. The Kier molecular flexibility index (Phi) is 4.00. The van der Waals surface area contributed by atoms with E-state index in [-0.39, 0.29) is 10.9 Å². The molecule has 1 aliphatic rings. The van der Waals surface area contributed by atoms with E-state index in [9.17, 15) is 8.42 Å². The van der Waals surface area contributed by atoms with Gasteiger partial charge in [-0.25, -0.2) is 13.1 Å². The number of benzene rings is 1. The van der Waals surface area contributed by atoms with Gasteiger partial charge in [0.15, 0.2) is 0 Å². The first-order valence-electron chi connectivity index (χ1n) is 6.57. The Balaban J connectivity index is 1.78. The fraction of sp³-hybridized carbons (Fsp3) is 0.143. The fourth-order valence-corrected chi connectivity index (χ4v) is 3.38. The molecule has 0 saturated heterocycles. The van der Waals surface area contributed by atoms with Crippen molar-refractivity contribution >= 4 is 33.3 Å². The number of pyridine rings is 1. The number of halogens is 1. The molecule has 2 aromatic rings. The van der Waals surface area contributed by atoms with Crippen LogP contribution in [0.4, 0.5) is 5.69 Å². The van der Waals surface area contributed by atoms with Crippen LogP contribution in [0.2, 0.25) is 5.02 Å². The summed E-state index contributed by atoms with van der Waals surface area (Å²) >= 11 is 5.90. The summed E-state index contributed by atoms with van der Waals surface area (Å²) in [6.07, 6.45) is 4.13. The molecule has 0 fully saturated rings. The SMILES string of the molecule is O=S1(=O)NC(=NCCc2cccnc2)Nc2cc(Cl)ccc21. The molecule has 2 N–H and O–H groups in total. The second-order valence-corrected chi connectivity index (χ2v) is 6.80. The smallest absolute Gasteiger partial charge is 0.266 e. The summed E-state index contributed by atoms with van der Waals surface area (Å²) in [6, 6.07) is 8.35. The zero-order chi connectivity index (χ0) is 15.6. The van der Waals surface area contributed by atoms with E-state index in [1.54, 1.807) is 18.5 Å². The lowest BCUT2D eigenvalue weighted by atomic mass is 10.2. The first-order valence-corrected chi connectivity index (χ1v) is 8.43. The van der Waals surface area contributed by atoms with Gasteiger partial charge in [0.25, 0.3) is 10.0 Å². The van der Waals surface area contributed by atoms with Crippen LogP contribution in [-0.4, -0.2) is 25.9 Å². The van der Waals surface area contributed by atoms with E-state index in [0.29, 0.717) is 23.7 Å². The van der Waals surface area contributed by atoms with Gasteiger partial charge in [0.05, 0.1) is 5.69 Å². The third-order valence-electron chi connectivity index (χ3n) is 3.11. The molecule has 6 nitrogen and oxygen atoms in total. The number of hydrogen-bond acceptors (Lipinski definition) is 4. The van der Waals surface area contributed by atoms with Crippen molar-refractivity contribution in [3.05, 3.63) is 53.3 Å². The van der Waals surface area contributed by atoms with Crippen molar-refractivity contribution in [2.24, 2.45) is 4.99 Å². The maximum atomic E-state index is 12.1. The highest BCUT2D eigenvalue weighted by atomic mass is 35.5. The third kappa shape index (κ3) is 3.20. The molecule has 0 amide bonds. The normalized spacial score (nSPS) is 17.4. The summed E-state index contributed by atoms with van der Waals surface area (Å²) in [7, 11) is -3.62. The van der Waals surface area contributed by atoms with Crippen LogP contribution in [0.25, 0.3) is 0 Å². The van der Waals surface area contributed by atoms with Gasteiger partial charge in [0.1, 0.15) is 4.90 Å². The van der Waals surface area contributed by atoms with Crippen LogP contribution in [0.3, 0.4) is 0 Å². The third-order valence-corrected chi connectivity index (χ3v) is 4.74. The van der Waals surface area contributed by atoms with Gasteiger partial charge in [-0.3, -0.25) is 9.98 Å². The summed E-state index contributed by atoms with van der Waals surface area (Å²) in [5.41, 5.74) is 1.46. The molecule has 0 unspecified atom stereocenters. The molecule has 0 saturated carbocycles. The molecule has 0 atom stereocenters. The minimum absolute atomic E-state index is 0.156. The molecule has 3 rings (SSSR count). The van der Waals surface area contributed by atoms with Gasteiger partial charge in [-0.05, 0) is 36.2 Å². The van der Waals surface area contributed by atoms with E-state index in [2.05, 4.69) is 20.0 Å². The number of rotatable bonds is 3. The standard InChI is InChI=1S/C14H13ClN4O2S/c15-11-3-4-13-12(8-11)18-14(19-22(13,20)21)17-7-5-10-2-1-6-16-9-10/h1-4,6,8-9H,5,7H2,(H2,17,18,19). The average molecular weight is 337 g/mol. The number of hydrogen-bond donors (Lipinski definition) is 2. The van der Waals surface area contributed by atoms with Crippen LogP contribution in [0.15, 0.2) is 52.6 Å². The summed E-state index contributed by atoms with van der Waals surface area (Å²) in [6.45, 7) is 0.437. The first-order chi connectivity index (χ1) is 10.5. The molecule has 1 aliphatic heterocycles. The molecule has 0 spiro atoms. The molecule has 1 aromatic heterocycles. The van der Waals surface area contributed by atoms with Gasteiger partial charge in [0.2, 0.25) is 5.96 Å². The highest BCUT2D eigenvalue weighted by Gasteiger charge is 2.26. The number of nitrogens with zero attached hydrogens (tertiary/aromatic N) is 2. The number of fused-ring (bicyclic) bond motifs is 1. The molecule has 0 aliphatic carbocycles. The van der Waals surface area contributed by atoms with Crippen molar-refractivity contribution in [3.8, 4) is 0 Å². The van der Waals surface area contributed by atoms with Crippen LogP contribution < -0.4 is 10.0 Å². The van der Waals surface area contributed by atoms with E-state index in [0.717, 1.165) is 5.56 Å². The van der Waals surface area contributed by atoms with Crippen molar-refractivity contribution in [1.82, 2.24) is 9.71 Å². The van der Waals surface area contributed by atoms with E-state index in [1.807, 2.05) is 12.1 Å². The zero-order valence-electron chi connectivity index (χ0n) is 11.5. The van der Waals surface area contributed by atoms with Gasteiger partial charge in [-0.2, -0.15) is 0 Å². The summed E-state index contributed by atoms with van der Waals surface area (Å²) in [5, 5.41) is 3.40. The zero-order valence-corrected chi connectivity index (χ0v) is 13.0. The topological polar surface area (TPSA) is 83.5 Å². The quantitative estimate of drug-likeness (QED) is 0.898. The predicted molar refractivity (Wildman–Crippen MR) is 85.6 cm³/mol. The summed E-state index contributed by atoms with van der Waals surface area (Å²) in [5.74, 6) is 0.193. The highest BCUT2D eigenvalue weighted by Crippen LogP contribution is 2.27. The van der Waals surface area contributed by atoms with E-state index in [1.165, 1.54) is 12.1 Å². The molecule has 114 valence electrons. The van der Waals surface area contributed by atoms with E-state index < -0.39 is 10.0 Å². The number of anilines is 1. The molecular formula is C14H13ClN4O2S. The van der Waals surface area contributed by atoms with Crippen LogP contribution >= 0.6 is 11.6 Å². The molecule has 8 heteroatoms. The Morgan fingerprint density at radius 1 is 1.27 bits per heavy atom. The van der Waals surface area contributed by atoms with E-state index >= 15 is 0 Å². The molecule has 1 aromatic carbocycles. The Hall–Kier alpha value is -2.12. The first kappa shape index (κ1) is 14.8. The van der Waals surface area contributed by atoms with Crippen molar-refractivity contribution in [1.29, 1.82) is 0 Å². The Morgan fingerprint density at radius 2 is 2.14 bits per heavy atom. The lowest BCUT2D eigenvalue weighted by Gasteiger charge is -2.21.